The lowest BCUT2D eigenvalue weighted by molar-refractivity contribution is 0.282. The predicted octanol–water partition coefficient (Wildman–Crippen LogP) is 2.04. The Kier molecular flexibility index (Phi) is 4.04. The van der Waals surface area contributed by atoms with E-state index in [0.717, 1.165) is 15.0 Å². The third-order valence-electron chi connectivity index (χ3n) is 3.16. The second-order valence-corrected chi connectivity index (χ2v) is 13.7. The molecule has 110 valence electrons. The van der Waals surface area contributed by atoms with E-state index in [-0.39, 0.29) is 12.4 Å². The summed E-state index contributed by atoms with van der Waals surface area (Å²) in [6.45, 7) is 6.38. The highest BCUT2D eigenvalue weighted by atomic mass is 32.2. The molecular weight excluding hydrogens is 292 g/mol. The maximum Gasteiger partial charge on any atom is 0.254 e. The average Bonchev–Trinajstić information content (AvgIpc) is 2.79. The molecule has 0 spiro atoms. The quantitative estimate of drug-likeness (QED) is 0.858. The molecule has 1 aromatic heterocycles. The standard InChI is InChI=1S/C13H20N2O3SSi/c1-20(2,3)7-6-19(17,18)15-13-5-4-11(10-16)8-12(13)9-14-15/h4-5,8-9,16H,6-7,10H2,1-3H3. The fraction of sp³-hybridized carbons (Fsp3) is 0.462. The molecule has 0 saturated heterocycles. The zero-order valence-electron chi connectivity index (χ0n) is 12.0. The third kappa shape index (κ3) is 3.28. The summed E-state index contributed by atoms with van der Waals surface area (Å²) in [5.41, 5.74) is 1.31. The number of hydrogen-bond donors (Lipinski definition) is 1. The summed E-state index contributed by atoms with van der Waals surface area (Å²) in [5, 5.41) is 13.8. The Hall–Kier alpha value is -1.18. The fourth-order valence-corrected chi connectivity index (χ4v) is 6.21. The van der Waals surface area contributed by atoms with Gasteiger partial charge in [-0.1, -0.05) is 25.7 Å². The lowest BCUT2D eigenvalue weighted by Crippen LogP contribution is -2.27. The van der Waals surface area contributed by atoms with Gasteiger partial charge in [0.25, 0.3) is 10.0 Å². The average molecular weight is 312 g/mol. The summed E-state index contributed by atoms with van der Waals surface area (Å²) in [5.74, 6) is 0.126. The largest absolute Gasteiger partial charge is 0.392 e. The molecule has 0 aliphatic carbocycles. The van der Waals surface area contributed by atoms with Crippen molar-refractivity contribution < 1.29 is 13.5 Å². The van der Waals surface area contributed by atoms with E-state index < -0.39 is 18.1 Å². The molecule has 5 nitrogen and oxygen atoms in total. The lowest BCUT2D eigenvalue weighted by atomic mass is 10.2. The number of rotatable bonds is 5. The van der Waals surface area contributed by atoms with Gasteiger partial charge in [-0.05, 0) is 23.7 Å². The van der Waals surface area contributed by atoms with Crippen LogP contribution in [0.3, 0.4) is 0 Å². The Bertz CT molecular complexity index is 717. The van der Waals surface area contributed by atoms with Crippen molar-refractivity contribution in [1.82, 2.24) is 9.19 Å². The summed E-state index contributed by atoms with van der Waals surface area (Å²) < 4.78 is 25.9. The van der Waals surface area contributed by atoms with Crippen molar-refractivity contribution in [2.24, 2.45) is 0 Å². The number of fused-ring (bicyclic) bond motifs is 1. The topological polar surface area (TPSA) is 72.2 Å². The van der Waals surface area contributed by atoms with E-state index in [9.17, 15) is 8.42 Å². The highest BCUT2D eigenvalue weighted by molar-refractivity contribution is 7.90. The maximum absolute atomic E-state index is 12.4. The summed E-state index contributed by atoms with van der Waals surface area (Å²) in [7, 11) is -4.83. The molecule has 1 N–H and O–H groups in total. The van der Waals surface area contributed by atoms with Crippen LogP contribution in [0.15, 0.2) is 24.4 Å². The summed E-state index contributed by atoms with van der Waals surface area (Å²) >= 11 is 0. The van der Waals surface area contributed by atoms with Crippen molar-refractivity contribution in [3.8, 4) is 0 Å². The first-order chi connectivity index (χ1) is 9.23. The Morgan fingerprint density at radius 2 is 2.00 bits per heavy atom. The highest BCUT2D eigenvalue weighted by Crippen LogP contribution is 2.19. The van der Waals surface area contributed by atoms with Gasteiger partial charge in [0, 0.05) is 13.5 Å². The predicted molar refractivity (Wildman–Crippen MR) is 83.0 cm³/mol. The molecule has 0 aliphatic heterocycles. The molecule has 0 unspecified atom stereocenters. The fourth-order valence-electron chi connectivity index (χ4n) is 1.90. The van der Waals surface area contributed by atoms with Crippen LogP contribution in [0.25, 0.3) is 10.9 Å². The van der Waals surface area contributed by atoms with E-state index in [0.29, 0.717) is 11.6 Å². The minimum atomic E-state index is -3.42. The minimum absolute atomic E-state index is 0.0660. The van der Waals surface area contributed by atoms with Crippen molar-refractivity contribution in [3.05, 3.63) is 30.0 Å². The van der Waals surface area contributed by atoms with Crippen molar-refractivity contribution in [1.29, 1.82) is 0 Å². The number of benzene rings is 1. The maximum atomic E-state index is 12.4. The molecule has 2 rings (SSSR count). The molecule has 1 aromatic carbocycles. The molecule has 2 aromatic rings. The van der Waals surface area contributed by atoms with E-state index in [4.69, 9.17) is 5.11 Å². The monoisotopic (exact) mass is 312 g/mol. The van der Waals surface area contributed by atoms with Gasteiger partial charge >= 0.3 is 0 Å². The number of aliphatic hydroxyl groups excluding tert-OH is 1. The van der Waals surface area contributed by atoms with Crippen LogP contribution in [-0.4, -0.2) is 36.5 Å². The van der Waals surface area contributed by atoms with Gasteiger partial charge in [-0.3, -0.25) is 0 Å². The van der Waals surface area contributed by atoms with Crippen molar-refractivity contribution >= 4 is 29.0 Å². The van der Waals surface area contributed by atoms with Crippen LogP contribution in [0.5, 0.6) is 0 Å². The molecule has 20 heavy (non-hydrogen) atoms. The summed E-state index contributed by atoms with van der Waals surface area (Å²) in [6.07, 6.45) is 1.53. The van der Waals surface area contributed by atoms with E-state index in [1.165, 1.54) is 6.20 Å². The van der Waals surface area contributed by atoms with Crippen LogP contribution in [0, 0.1) is 0 Å². The Balaban J connectivity index is 2.37. The van der Waals surface area contributed by atoms with Crippen LogP contribution in [0.1, 0.15) is 5.56 Å². The molecule has 0 fully saturated rings. The van der Waals surface area contributed by atoms with E-state index >= 15 is 0 Å². The van der Waals surface area contributed by atoms with Gasteiger partial charge in [-0.25, -0.2) is 8.42 Å². The Morgan fingerprint density at radius 1 is 1.30 bits per heavy atom. The number of aromatic nitrogens is 2. The molecule has 7 heteroatoms. The molecule has 0 amide bonds. The number of aliphatic hydroxyl groups is 1. The number of nitrogens with zero attached hydrogens (tertiary/aromatic N) is 2. The first kappa shape index (κ1) is 15.2. The zero-order valence-corrected chi connectivity index (χ0v) is 13.8. The van der Waals surface area contributed by atoms with Gasteiger partial charge < -0.3 is 5.11 Å². The normalized spacial score (nSPS) is 13.0. The first-order valence-electron chi connectivity index (χ1n) is 6.54. The van der Waals surface area contributed by atoms with Gasteiger partial charge in [-0.15, -0.1) is 0 Å². The van der Waals surface area contributed by atoms with Crippen molar-refractivity contribution in [3.63, 3.8) is 0 Å². The van der Waals surface area contributed by atoms with Crippen LogP contribution >= 0.6 is 0 Å². The van der Waals surface area contributed by atoms with E-state index in [2.05, 4.69) is 24.7 Å². The summed E-state index contributed by atoms with van der Waals surface area (Å²) in [6, 6.07) is 5.88. The zero-order chi connectivity index (χ0) is 15.0. The van der Waals surface area contributed by atoms with Gasteiger partial charge in [0.2, 0.25) is 0 Å². The van der Waals surface area contributed by atoms with Gasteiger partial charge in [0.05, 0.1) is 24.1 Å². The molecule has 0 atom stereocenters. The van der Waals surface area contributed by atoms with Crippen LogP contribution in [0.4, 0.5) is 0 Å². The van der Waals surface area contributed by atoms with Crippen LogP contribution in [-0.2, 0) is 16.6 Å². The molecular formula is C13H20N2O3SSi. The number of hydrogen-bond acceptors (Lipinski definition) is 4. The van der Waals surface area contributed by atoms with Gasteiger partial charge in [0.15, 0.2) is 0 Å². The Labute approximate surface area is 120 Å². The van der Waals surface area contributed by atoms with Crippen LogP contribution in [0.2, 0.25) is 25.7 Å². The van der Waals surface area contributed by atoms with Crippen molar-refractivity contribution in [2.75, 3.05) is 5.75 Å². The highest BCUT2D eigenvalue weighted by Gasteiger charge is 2.22. The Morgan fingerprint density at radius 3 is 2.60 bits per heavy atom. The first-order valence-corrected chi connectivity index (χ1v) is 11.9. The summed E-state index contributed by atoms with van der Waals surface area (Å²) in [4.78, 5) is 0. The molecule has 0 bridgehead atoms. The molecule has 0 saturated carbocycles. The lowest BCUT2D eigenvalue weighted by Gasteiger charge is -2.15. The molecule has 0 aliphatic rings. The smallest absolute Gasteiger partial charge is 0.254 e. The van der Waals surface area contributed by atoms with E-state index in [1.807, 2.05) is 0 Å². The van der Waals surface area contributed by atoms with Crippen LogP contribution < -0.4 is 0 Å². The van der Waals surface area contributed by atoms with E-state index in [1.54, 1.807) is 18.2 Å². The second-order valence-electron chi connectivity index (χ2n) is 6.17. The second kappa shape index (κ2) is 5.31. The molecule has 1 heterocycles. The van der Waals surface area contributed by atoms with Crippen molar-refractivity contribution in [2.45, 2.75) is 32.3 Å². The van der Waals surface area contributed by atoms with Gasteiger partial charge in [-0.2, -0.15) is 9.19 Å². The van der Waals surface area contributed by atoms with Gasteiger partial charge in [0.1, 0.15) is 0 Å². The SMILES string of the molecule is C[Si](C)(C)CCS(=O)(=O)n1ncc2cc(CO)ccc21. The minimum Gasteiger partial charge on any atom is -0.392 e. The third-order valence-corrected chi connectivity index (χ3v) is 6.81. The molecule has 0 radical (unpaired) electrons.